The first-order valence-electron chi connectivity index (χ1n) is 11.3. The fourth-order valence-electron chi connectivity index (χ4n) is 4.18. The molecule has 2 aromatic rings. The molecule has 2 N–H and O–H groups in total. The van der Waals surface area contributed by atoms with Crippen molar-refractivity contribution in [3.8, 4) is 11.5 Å². The van der Waals surface area contributed by atoms with Crippen LogP contribution in [0.2, 0.25) is 0 Å². The maximum atomic E-state index is 13.3. The average Bonchev–Trinajstić information content (AvgIpc) is 2.96. The Bertz CT molecular complexity index is 1100. The van der Waals surface area contributed by atoms with E-state index < -0.39 is 36.0 Å². The lowest BCUT2D eigenvalue weighted by molar-refractivity contribution is -0.135. The first-order valence-corrected chi connectivity index (χ1v) is 11.3. The van der Waals surface area contributed by atoms with E-state index in [-0.39, 0.29) is 11.7 Å². The van der Waals surface area contributed by atoms with Gasteiger partial charge in [-0.25, -0.2) is 9.18 Å². The molecule has 1 fully saturated rings. The number of nitrogens with zero attached hydrogens (tertiary/aromatic N) is 1. The van der Waals surface area contributed by atoms with Crippen LogP contribution in [0.1, 0.15) is 44.4 Å². The van der Waals surface area contributed by atoms with Crippen molar-refractivity contribution in [3.05, 3.63) is 59.4 Å². The maximum absolute atomic E-state index is 13.3. The Hall–Kier alpha value is -3.62. The standard InChI is InChI=1S/C25H28FN3O5/c1-15(2)22(16-5-8-18(26)9-6-16)27-21(30)14-29-23(31)25(3,28-24(29)32)17-7-10-19-20(13-17)34-12-4-11-33-19/h5-10,13,15,22H,4,11-12,14H2,1-3H3,(H,27,30)(H,28,32). The zero-order chi connectivity index (χ0) is 24.5. The Balaban J connectivity index is 1.49. The number of amides is 4. The SMILES string of the molecule is CC(C)C(NC(=O)CN1C(=O)NC(C)(c2ccc3c(c2)OCCCO3)C1=O)c1ccc(F)cc1. The monoisotopic (exact) mass is 469 g/mol. The summed E-state index contributed by atoms with van der Waals surface area (Å²) >= 11 is 0. The van der Waals surface area contributed by atoms with Crippen molar-refractivity contribution in [2.75, 3.05) is 19.8 Å². The van der Waals surface area contributed by atoms with Crippen molar-refractivity contribution in [3.63, 3.8) is 0 Å². The highest BCUT2D eigenvalue weighted by Crippen LogP contribution is 2.36. The van der Waals surface area contributed by atoms with E-state index in [1.165, 1.54) is 12.1 Å². The van der Waals surface area contributed by atoms with Gasteiger partial charge in [0.15, 0.2) is 11.5 Å². The number of ether oxygens (including phenoxy) is 2. The predicted octanol–water partition coefficient (Wildman–Crippen LogP) is 3.27. The largest absolute Gasteiger partial charge is 0.490 e. The average molecular weight is 470 g/mol. The third-order valence-electron chi connectivity index (χ3n) is 6.11. The van der Waals surface area contributed by atoms with Gasteiger partial charge in [-0.05, 0) is 48.2 Å². The molecule has 2 heterocycles. The number of carbonyl (C=O) groups excluding carboxylic acids is 3. The lowest BCUT2D eigenvalue weighted by Crippen LogP contribution is -2.44. The summed E-state index contributed by atoms with van der Waals surface area (Å²) in [4.78, 5) is 39.7. The molecule has 0 radical (unpaired) electrons. The number of nitrogens with one attached hydrogen (secondary N) is 2. The van der Waals surface area contributed by atoms with Crippen LogP contribution in [0.5, 0.6) is 11.5 Å². The minimum atomic E-state index is -1.35. The molecular formula is C25H28FN3O5. The number of hydrogen-bond donors (Lipinski definition) is 2. The molecule has 2 aliphatic heterocycles. The van der Waals surface area contributed by atoms with Gasteiger partial charge in [-0.3, -0.25) is 14.5 Å². The molecule has 180 valence electrons. The molecule has 2 aromatic carbocycles. The first kappa shape index (κ1) is 23.5. The second-order valence-corrected chi connectivity index (χ2v) is 9.00. The Morgan fingerprint density at radius 2 is 1.79 bits per heavy atom. The predicted molar refractivity (Wildman–Crippen MR) is 122 cm³/mol. The van der Waals surface area contributed by atoms with E-state index in [1.54, 1.807) is 37.3 Å². The quantitative estimate of drug-likeness (QED) is 0.633. The van der Waals surface area contributed by atoms with Gasteiger partial charge in [0.25, 0.3) is 5.91 Å². The van der Waals surface area contributed by atoms with Crippen molar-refractivity contribution in [1.29, 1.82) is 0 Å². The highest BCUT2D eigenvalue weighted by Gasteiger charge is 2.50. The maximum Gasteiger partial charge on any atom is 0.325 e. The molecule has 9 heteroatoms. The number of benzene rings is 2. The van der Waals surface area contributed by atoms with Crippen molar-refractivity contribution < 1.29 is 28.2 Å². The normalized spacial score (nSPS) is 20.7. The number of hydrogen-bond acceptors (Lipinski definition) is 5. The summed E-state index contributed by atoms with van der Waals surface area (Å²) in [6, 6.07) is 9.92. The summed E-state index contributed by atoms with van der Waals surface area (Å²) < 4.78 is 24.7. The van der Waals surface area contributed by atoms with E-state index in [2.05, 4.69) is 10.6 Å². The van der Waals surface area contributed by atoms with E-state index in [0.717, 1.165) is 16.9 Å². The highest BCUT2D eigenvalue weighted by atomic mass is 19.1. The van der Waals surface area contributed by atoms with Crippen LogP contribution in [-0.2, 0) is 15.1 Å². The highest BCUT2D eigenvalue weighted by molar-refractivity contribution is 6.09. The summed E-state index contributed by atoms with van der Waals surface area (Å²) in [7, 11) is 0. The van der Waals surface area contributed by atoms with Crippen molar-refractivity contribution in [2.24, 2.45) is 5.92 Å². The number of carbonyl (C=O) groups is 3. The second kappa shape index (κ2) is 9.32. The Kier molecular flexibility index (Phi) is 6.45. The summed E-state index contributed by atoms with van der Waals surface area (Å²) in [6.07, 6.45) is 0.745. The molecule has 2 atom stereocenters. The Morgan fingerprint density at radius 3 is 2.47 bits per heavy atom. The minimum Gasteiger partial charge on any atom is -0.490 e. The molecule has 0 bridgehead atoms. The van der Waals surface area contributed by atoms with Gasteiger partial charge in [0, 0.05) is 6.42 Å². The molecule has 2 aliphatic rings. The molecule has 0 spiro atoms. The number of rotatable bonds is 6. The van der Waals surface area contributed by atoms with Crippen LogP contribution in [-0.4, -0.2) is 42.5 Å². The van der Waals surface area contributed by atoms with Gasteiger partial charge >= 0.3 is 6.03 Å². The fraction of sp³-hybridized carbons (Fsp3) is 0.400. The van der Waals surface area contributed by atoms with Gasteiger partial charge in [0.1, 0.15) is 17.9 Å². The molecule has 0 aliphatic carbocycles. The topological polar surface area (TPSA) is 97.0 Å². The van der Waals surface area contributed by atoms with Gasteiger partial charge in [-0.2, -0.15) is 0 Å². The lowest BCUT2D eigenvalue weighted by Gasteiger charge is -2.25. The summed E-state index contributed by atoms with van der Waals surface area (Å²) in [5.74, 6) is -0.304. The van der Waals surface area contributed by atoms with Crippen LogP contribution in [0, 0.1) is 11.7 Å². The Morgan fingerprint density at radius 1 is 1.12 bits per heavy atom. The van der Waals surface area contributed by atoms with Crippen LogP contribution in [0.15, 0.2) is 42.5 Å². The summed E-state index contributed by atoms with van der Waals surface area (Å²) in [6.45, 7) is 6.03. The van der Waals surface area contributed by atoms with Crippen molar-refractivity contribution >= 4 is 17.8 Å². The van der Waals surface area contributed by atoms with Crippen LogP contribution in [0.25, 0.3) is 0 Å². The van der Waals surface area contributed by atoms with Crippen molar-refractivity contribution in [1.82, 2.24) is 15.5 Å². The second-order valence-electron chi connectivity index (χ2n) is 9.00. The Labute approximate surface area is 197 Å². The molecule has 0 saturated carbocycles. The molecule has 4 amide bonds. The van der Waals surface area contributed by atoms with E-state index in [1.807, 2.05) is 13.8 Å². The van der Waals surface area contributed by atoms with Crippen LogP contribution >= 0.6 is 0 Å². The number of imide groups is 1. The molecule has 8 nitrogen and oxygen atoms in total. The molecular weight excluding hydrogens is 441 g/mol. The molecule has 2 unspecified atom stereocenters. The zero-order valence-corrected chi connectivity index (χ0v) is 19.4. The molecule has 34 heavy (non-hydrogen) atoms. The van der Waals surface area contributed by atoms with E-state index >= 15 is 0 Å². The smallest absolute Gasteiger partial charge is 0.325 e. The summed E-state index contributed by atoms with van der Waals surface area (Å²) in [5, 5.41) is 5.57. The lowest BCUT2D eigenvalue weighted by atomic mass is 9.91. The van der Waals surface area contributed by atoms with E-state index in [9.17, 15) is 18.8 Å². The van der Waals surface area contributed by atoms with Gasteiger partial charge in [0.2, 0.25) is 5.91 Å². The molecule has 0 aromatic heterocycles. The number of urea groups is 1. The van der Waals surface area contributed by atoms with Crippen molar-refractivity contribution in [2.45, 2.75) is 38.8 Å². The fourth-order valence-corrected chi connectivity index (χ4v) is 4.18. The van der Waals surface area contributed by atoms with Crippen LogP contribution < -0.4 is 20.1 Å². The molecule has 1 saturated heterocycles. The molecule has 4 rings (SSSR count). The first-order chi connectivity index (χ1) is 16.2. The third-order valence-corrected chi connectivity index (χ3v) is 6.11. The zero-order valence-electron chi connectivity index (χ0n) is 19.4. The van der Waals surface area contributed by atoms with Crippen LogP contribution in [0.3, 0.4) is 0 Å². The van der Waals surface area contributed by atoms with Gasteiger partial charge in [0.05, 0.1) is 19.3 Å². The van der Waals surface area contributed by atoms with Crippen LogP contribution in [0.4, 0.5) is 9.18 Å². The number of fused-ring (bicyclic) bond motifs is 1. The van der Waals surface area contributed by atoms with Gasteiger partial charge in [-0.15, -0.1) is 0 Å². The number of halogens is 1. The third kappa shape index (κ3) is 4.55. The van der Waals surface area contributed by atoms with E-state index in [4.69, 9.17) is 9.47 Å². The van der Waals surface area contributed by atoms with E-state index in [0.29, 0.717) is 30.3 Å². The van der Waals surface area contributed by atoms with Gasteiger partial charge < -0.3 is 20.1 Å². The minimum absolute atomic E-state index is 0.00424. The summed E-state index contributed by atoms with van der Waals surface area (Å²) in [5.41, 5.74) is -0.0837. The van der Waals surface area contributed by atoms with Gasteiger partial charge in [-0.1, -0.05) is 32.0 Å².